The Balaban J connectivity index is 1.67. The fourth-order valence-electron chi connectivity index (χ4n) is 2.86. The molecule has 0 spiro atoms. The van der Waals surface area contributed by atoms with Crippen LogP contribution in [0, 0.1) is 0 Å². The number of hydrogen-bond acceptors (Lipinski definition) is 5. The van der Waals surface area contributed by atoms with Gasteiger partial charge >= 0.3 is 0 Å². The molecule has 2 aromatic rings. The van der Waals surface area contributed by atoms with Crippen molar-refractivity contribution in [2.24, 2.45) is 0 Å². The summed E-state index contributed by atoms with van der Waals surface area (Å²) in [5.74, 6) is 2.22. The van der Waals surface area contributed by atoms with E-state index in [1.54, 1.807) is 13.2 Å². The molecular formula is C17H15NO4. The Morgan fingerprint density at radius 3 is 2.59 bits per heavy atom. The molecule has 112 valence electrons. The molecule has 4 rings (SSSR count). The first-order valence-corrected chi connectivity index (χ1v) is 7.12. The maximum absolute atomic E-state index is 12.4. The number of fused-ring (bicyclic) bond motifs is 2. The summed E-state index contributed by atoms with van der Waals surface area (Å²) in [7, 11) is 1.64. The molecule has 22 heavy (non-hydrogen) atoms. The zero-order chi connectivity index (χ0) is 15.1. The lowest BCUT2D eigenvalue weighted by Gasteiger charge is -2.26. The van der Waals surface area contributed by atoms with Gasteiger partial charge in [-0.15, -0.1) is 0 Å². The highest BCUT2D eigenvalue weighted by Gasteiger charge is 2.28. The van der Waals surface area contributed by atoms with Crippen LogP contribution in [0.25, 0.3) is 0 Å². The van der Waals surface area contributed by atoms with E-state index in [0.29, 0.717) is 23.5 Å². The molecule has 0 radical (unpaired) electrons. The summed E-state index contributed by atoms with van der Waals surface area (Å²) in [5, 5.41) is 3.41. The third-order valence-electron chi connectivity index (χ3n) is 4.05. The van der Waals surface area contributed by atoms with Crippen molar-refractivity contribution >= 4 is 11.5 Å². The second kappa shape index (κ2) is 4.94. The summed E-state index contributed by atoms with van der Waals surface area (Å²) in [6, 6.07) is 11.3. The SMILES string of the molecule is COc1ccc([C@H]2CC(=O)c3cc4c(cc3N2)OCO4)cc1. The second-order valence-corrected chi connectivity index (χ2v) is 5.35. The van der Waals surface area contributed by atoms with Crippen molar-refractivity contribution in [3.63, 3.8) is 0 Å². The fourth-order valence-corrected chi connectivity index (χ4v) is 2.86. The number of anilines is 1. The van der Waals surface area contributed by atoms with Gasteiger partial charge in [-0.05, 0) is 23.8 Å². The molecule has 0 fully saturated rings. The Morgan fingerprint density at radius 2 is 1.86 bits per heavy atom. The van der Waals surface area contributed by atoms with Crippen LogP contribution in [0.2, 0.25) is 0 Å². The molecular weight excluding hydrogens is 282 g/mol. The first-order chi connectivity index (χ1) is 10.7. The lowest BCUT2D eigenvalue weighted by atomic mass is 9.92. The van der Waals surface area contributed by atoms with E-state index in [2.05, 4.69) is 5.32 Å². The predicted octanol–water partition coefficient (Wildman–Crippen LogP) is 3.16. The third kappa shape index (κ3) is 2.06. The molecule has 0 unspecified atom stereocenters. The number of methoxy groups -OCH3 is 1. The van der Waals surface area contributed by atoms with E-state index < -0.39 is 0 Å². The summed E-state index contributed by atoms with van der Waals surface area (Å²) in [4.78, 5) is 12.4. The van der Waals surface area contributed by atoms with Gasteiger partial charge in [0.1, 0.15) is 5.75 Å². The van der Waals surface area contributed by atoms with Crippen molar-refractivity contribution in [2.45, 2.75) is 12.5 Å². The Morgan fingerprint density at radius 1 is 1.14 bits per heavy atom. The van der Waals surface area contributed by atoms with Crippen LogP contribution in [0.1, 0.15) is 28.4 Å². The average molecular weight is 297 g/mol. The molecule has 2 aliphatic rings. The number of nitrogens with one attached hydrogen (secondary N) is 1. The molecule has 1 atom stereocenters. The lowest BCUT2D eigenvalue weighted by Crippen LogP contribution is -2.22. The molecule has 5 heteroatoms. The molecule has 0 amide bonds. The Bertz CT molecular complexity index is 739. The number of carbonyl (C=O) groups excluding carboxylic acids is 1. The highest BCUT2D eigenvalue weighted by Crippen LogP contribution is 2.41. The van der Waals surface area contributed by atoms with Gasteiger partial charge in [0.2, 0.25) is 6.79 Å². The molecule has 2 aliphatic heterocycles. The number of rotatable bonds is 2. The van der Waals surface area contributed by atoms with Crippen molar-refractivity contribution in [2.75, 3.05) is 19.2 Å². The predicted molar refractivity (Wildman–Crippen MR) is 80.9 cm³/mol. The van der Waals surface area contributed by atoms with Gasteiger partial charge in [-0.25, -0.2) is 0 Å². The summed E-state index contributed by atoms with van der Waals surface area (Å²) in [6.45, 7) is 0.203. The van der Waals surface area contributed by atoms with E-state index in [9.17, 15) is 4.79 Å². The molecule has 0 aliphatic carbocycles. The van der Waals surface area contributed by atoms with Gasteiger partial charge in [0, 0.05) is 23.7 Å². The second-order valence-electron chi connectivity index (χ2n) is 5.35. The van der Waals surface area contributed by atoms with Crippen molar-refractivity contribution in [3.05, 3.63) is 47.5 Å². The van der Waals surface area contributed by atoms with Crippen LogP contribution in [0.5, 0.6) is 17.2 Å². The van der Waals surface area contributed by atoms with E-state index in [1.165, 1.54) is 0 Å². The number of benzene rings is 2. The number of carbonyl (C=O) groups is 1. The van der Waals surface area contributed by atoms with Crippen LogP contribution in [0.3, 0.4) is 0 Å². The summed E-state index contributed by atoms with van der Waals surface area (Å²) >= 11 is 0. The minimum absolute atomic E-state index is 0.0497. The highest BCUT2D eigenvalue weighted by atomic mass is 16.7. The third-order valence-corrected chi connectivity index (χ3v) is 4.05. The van der Waals surface area contributed by atoms with Crippen molar-refractivity contribution in [3.8, 4) is 17.2 Å². The first-order valence-electron chi connectivity index (χ1n) is 7.12. The molecule has 0 aromatic heterocycles. The molecule has 1 N–H and O–H groups in total. The number of ether oxygens (including phenoxy) is 3. The molecule has 0 saturated heterocycles. The number of hydrogen-bond donors (Lipinski definition) is 1. The summed E-state index contributed by atoms with van der Waals surface area (Å²) in [5.41, 5.74) is 2.51. The van der Waals surface area contributed by atoms with Crippen molar-refractivity contribution < 1.29 is 19.0 Å². The quantitative estimate of drug-likeness (QED) is 0.922. The molecule has 0 bridgehead atoms. The Labute approximate surface area is 127 Å². The van der Waals surface area contributed by atoms with Crippen LogP contribution in [0.4, 0.5) is 5.69 Å². The minimum Gasteiger partial charge on any atom is -0.497 e. The van der Waals surface area contributed by atoms with Gasteiger partial charge in [-0.2, -0.15) is 0 Å². The zero-order valence-corrected chi connectivity index (χ0v) is 12.1. The Hall–Kier alpha value is -2.69. The van der Waals surface area contributed by atoms with Crippen molar-refractivity contribution in [1.29, 1.82) is 0 Å². The van der Waals surface area contributed by atoms with Gasteiger partial charge in [0.15, 0.2) is 17.3 Å². The molecule has 5 nitrogen and oxygen atoms in total. The van der Waals surface area contributed by atoms with E-state index in [4.69, 9.17) is 14.2 Å². The van der Waals surface area contributed by atoms with Gasteiger partial charge in [0.05, 0.1) is 13.2 Å². The smallest absolute Gasteiger partial charge is 0.231 e. The van der Waals surface area contributed by atoms with Gasteiger partial charge < -0.3 is 19.5 Å². The zero-order valence-electron chi connectivity index (χ0n) is 12.1. The molecule has 2 heterocycles. The topological polar surface area (TPSA) is 56.8 Å². The first kappa shape index (κ1) is 13.0. The number of ketones is 1. The van der Waals surface area contributed by atoms with E-state index >= 15 is 0 Å². The van der Waals surface area contributed by atoms with Crippen LogP contribution in [-0.2, 0) is 0 Å². The average Bonchev–Trinajstić information content (AvgIpc) is 3.00. The van der Waals surface area contributed by atoms with Crippen LogP contribution in [0.15, 0.2) is 36.4 Å². The monoisotopic (exact) mass is 297 g/mol. The van der Waals surface area contributed by atoms with Crippen molar-refractivity contribution in [1.82, 2.24) is 0 Å². The van der Waals surface area contributed by atoms with Gasteiger partial charge in [-0.3, -0.25) is 4.79 Å². The van der Waals surface area contributed by atoms with E-state index in [-0.39, 0.29) is 18.6 Å². The van der Waals surface area contributed by atoms with Crippen LogP contribution < -0.4 is 19.5 Å². The van der Waals surface area contributed by atoms with E-state index in [0.717, 1.165) is 17.0 Å². The minimum atomic E-state index is -0.0497. The highest BCUT2D eigenvalue weighted by molar-refractivity contribution is 6.04. The standard InChI is InChI=1S/C17H15NO4/c1-20-11-4-2-10(3-5-11)13-7-15(19)12-6-16-17(22-9-21-16)8-14(12)18-13/h2-6,8,13,18H,7,9H2,1H3/t13-/m1/s1. The molecule has 0 saturated carbocycles. The number of Topliss-reactive ketones (excluding diaryl/α,β-unsaturated/α-hetero) is 1. The normalized spacial score (nSPS) is 18.6. The van der Waals surface area contributed by atoms with Gasteiger partial charge in [-0.1, -0.05) is 12.1 Å². The lowest BCUT2D eigenvalue weighted by molar-refractivity contribution is 0.0972. The summed E-state index contributed by atoms with van der Waals surface area (Å²) in [6.07, 6.45) is 0.416. The maximum atomic E-state index is 12.4. The maximum Gasteiger partial charge on any atom is 0.231 e. The van der Waals surface area contributed by atoms with Gasteiger partial charge in [0.25, 0.3) is 0 Å². The van der Waals surface area contributed by atoms with Crippen LogP contribution in [-0.4, -0.2) is 19.7 Å². The summed E-state index contributed by atoms with van der Waals surface area (Å²) < 4.78 is 15.9. The fraction of sp³-hybridized carbons (Fsp3) is 0.235. The van der Waals surface area contributed by atoms with Crippen LogP contribution >= 0.6 is 0 Å². The molecule has 2 aromatic carbocycles. The van der Waals surface area contributed by atoms with E-state index in [1.807, 2.05) is 30.3 Å². The largest absolute Gasteiger partial charge is 0.497 e. The Kier molecular flexibility index (Phi) is 2.92.